The summed E-state index contributed by atoms with van der Waals surface area (Å²) >= 11 is 0. The first-order valence-corrected chi connectivity index (χ1v) is 18.3. The standard InChI is InChI=1S/C36H56F2N6O6.C2H6/c1-9-13-29(42-36(49)32(23(7)10-2)44-33(46)25(11-3)16-17-40-50-8)34(47)41-28(20-24-18-26(37)21-27(38)19-24)14-15-30(45)43-31(22(5)6)35(48)39-12-4;1-2/h11,16-19,21-23,28-29,31-32,40H,9-10,12-15,20H2,1-8H3,(H,39,48)(H,41,47)(H,42,49)(H,43,45)(H,44,46);1-2H3/p+1/b17-16-,25-11+;/t23-,28+,29?,31?,32-;/m0./s1. The predicted octanol–water partition coefficient (Wildman–Crippen LogP) is 3.48. The molecule has 0 radical (unpaired) electrons. The Morgan fingerprint density at radius 2 is 1.48 bits per heavy atom. The molecule has 1 aromatic rings. The van der Waals surface area contributed by atoms with E-state index in [-0.39, 0.29) is 49.0 Å². The molecule has 14 heteroatoms. The number of nitrogens with two attached hydrogens (primary N) is 1. The van der Waals surface area contributed by atoms with E-state index < -0.39 is 59.4 Å². The van der Waals surface area contributed by atoms with Gasteiger partial charge in [-0.25, -0.2) is 13.6 Å². The average molecular weight is 738 g/mol. The summed E-state index contributed by atoms with van der Waals surface area (Å²) in [6, 6.07) is -0.438. The maximum absolute atomic E-state index is 14.1. The summed E-state index contributed by atoms with van der Waals surface area (Å²) in [6.07, 6.45) is 6.03. The topological polar surface area (TPSA) is 171 Å². The number of amides is 5. The molecule has 0 aromatic heterocycles. The summed E-state index contributed by atoms with van der Waals surface area (Å²) in [6.45, 7) is 17.0. The molecule has 12 nitrogen and oxygen atoms in total. The number of quaternary nitrogens is 1. The van der Waals surface area contributed by atoms with Gasteiger partial charge in [-0.2, -0.15) is 5.48 Å². The van der Waals surface area contributed by atoms with Gasteiger partial charge in [0.25, 0.3) is 5.91 Å². The minimum atomic E-state index is -1.00. The number of nitrogens with one attached hydrogen (secondary N) is 5. The van der Waals surface area contributed by atoms with Gasteiger partial charge in [0.05, 0.1) is 7.11 Å². The third-order valence-corrected chi connectivity index (χ3v) is 8.14. The van der Waals surface area contributed by atoms with Crippen LogP contribution >= 0.6 is 0 Å². The third kappa shape index (κ3) is 17.9. The van der Waals surface area contributed by atoms with Crippen molar-refractivity contribution in [3.05, 3.63) is 59.3 Å². The Labute approximate surface area is 308 Å². The molecule has 0 aliphatic rings. The van der Waals surface area contributed by atoms with E-state index in [4.69, 9.17) is 4.84 Å². The van der Waals surface area contributed by atoms with Gasteiger partial charge in [0.15, 0.2) is 0 Å². The van der Waals surface area contributed by atoms with Crippen molar-refractivity contribution in [2.75, 3.05) is 13.7 Å². The van der Waals surface area contributed by atoms with E-state index in [0.717, 1.165) is 18.2 Å². The maximum atomic E-state index is 14.1. The number of carbonyl (C=O) groups is 5. The number of likely N-dealkylation sites (N-methyl/N-ethyl adjacent to an activating group) is 1. The van der Waals surface area contributed by atoms with E-state index in [1.807, 2.05) is 34.6 Å². The van der Waals surface area contributed by atoms with Gasteiger partial charge in [-0.15, -0.1) is 0 Å². The zero-order chi connectivity index (χ0) is 39.8. The molecule has 1 aromatic carbocycles. The van der Waals surface area contributed by atoms with E-state index in [1.165, 1.54) is 12.6 Å². The number of hydrogen-bond donors (Lipinski definition) is 6. The first-order chi connectivity index (χ1) is 24.7. The van der Waals surface area contributed by atoms with Crippen LogP contribution in [0.1, 0.15) is 100.0 Å². The second-order valence-corrected chi connectivity index (χ2v) is 12.6. The number of hydrogen-bond acceptors (Lipinski definition) is 6. The van der Waals surface area contributed by atoms with Crippen molar-refractivity contribution in [3.8, 4) is 0 Å². The van der Waals surface area contributed by atoms with E-state index in [1.54, 1.807) is 46.0 Å². The smallest absolute Gasteiger partial charge is 0.251 e. The van der Waals surface area contributed by atoms with Gasteiger partial charge in [-0.1, -0.05) is 67.4 Å². The van der Waals surface area contributed by atoms with Gasteiger partial charge >= 0.3 is 0 Å². The Morgan fingerprint density at radius 1 is 0.846 bits per heavy atom. The van der Waals surface area contributed by atoms with Gasteiger partial charge in [0, 0.05) is 36.7 Å². The van der Waals surface area contributed by atoms with Crippen LogP contribution in [0, 0.1) is 23.5 Å². The maximum Gasteiger partial charge on any atom is 0.251 e. The molecule has 2 unspecified atom stereocenters. The average Bonchev–Trinajstić information content (AvgIpc) is 3.09. The number of hydroxylamine groups is 1. The molecule has 1 rings (SSSR count). The van der Waals surface area contributed by atoms with Crippen LogP contribution in [0.2, 0.25) is 0 Å². The van der Waals surface area contributed by atoms with E-state index in [9.17, 15) is 32.8 Å². The fourth-order valence-corrected chi connectivity index (χ4v) is 5.18. The van der Waals surface area contributed by atoms with Crippen LogP contribution in [0.15, 0.2) is 42.1 Å². The molecule has 0 aliphatic heterocycles. The van der Waals surface area contributed by atoms with Crippen LogP contribution in [0.5, 0.6) is 0 Å². The van der Waals surface area contributed by atoms with Crippen LogP contribution in [0.25, 0.3) is 0 Å². The Bertz CT molecular complexity index is 1320. The molecule has 7 N–H and O–H groups in total. The summed E-state index contributed by atoms with van der Waals surface area (Å²) in [7, 11) is 1.48. The zero-order valence-corrected chi connectivity index (χ0v) is 32.7. The molecule has 5 atom stereocenters. The quantitative estimate of drug-likeness (QED) is 0.0605. The molecule has 0 saturated carbocycles. The first-order valence-electron chi connectivity index (χ1n) is 18.3. The first kappa shape index (κ1) is 47.8. The largest absolute Gasteiger partial charge is 0.355 e. The summed E-state index contributed by atoms with van der Waals surface area (Å²) in [5.74, 6) is -4.35. The fourth-order valence-electron chi connectivity index (χ4n) is 5.18. The van der Waals surface area contributed by atoms with E-state index >= 15 is 0 Å². The summed E-state index contributed by atoms with van der Waals surface area (Å²) in [5.41, 5.74) is 1.99. The summed E-state index contributed by atoms with van der Waals surface area (Å²) in [4.78, 5) is 70.7. The minimum absolute atomic E-state index is 0.00385. The lowest BCUT2D eigenvalue weighted by atomic mass is 9.96. The second kappa shape index (κ2) is 26.6. The SMILES string of the molecule is C/C=C(\C=C/[NH2+]OC)C(=O)N[C@H](C(=O)NC(CCC)C(=O)N[C@H](CCC(=O)NC(C(=O)NCC)C(C)C)Cc1cc(F)cc(F)c1)[C@@H](C)CC.CC. The molecule has 5 amide bonds. The molecular weight excluding hydrogens is 674 g/mol. The van der Waals surface area contributed by atoms with Gasteiger partial charge in [-0.05, 0) is 62.6 Å². The van der Waals surface area contributed by atoms with Crippen molar-refractivity contribution >= 4 is 29.5 Å². The zero-order valence-electron chi connectivity index (χ0n) is 32.7. The van der Waals surface area contributed by atoms with Crippen molar-refractivity contribution in [1.29, 1.82) is 0 Å². The van der Waals surface area contributed by atoms with Gasteiger partial charge in [0.2, 0.25) is 23.6 Å². The number of halogens is 2. The van der Waals surface area contributed by atoms with Crippen molar-refractivity contribution in [2.24, 2.45) is 11.8 Å². The number of carbonyl (C=O) groups excluding carboxylic acids is 5. The van der Waals surface area contributed by atoms with Crippen LogP contribution in [-0.4, -0.2) is 67.4 Å². The highest BCUT2D eigenvalue weighted by atomic mass is 19.1. The molecule has 294 valence electrons. The molecule has 0 saturated heterocycles. The molecule has 52 heavy (non-hydrogen) atoms. The highest BCUT2D eigenvalue weighted by Crippen LogP contribution is 2.15. The molecule has 0 aliphatic carbocycles. The summed E-state index contributed by atoms with van der Waals surface area (Å²) in [5, 5.41) is 13.9. The Hall–Kier alpha value is -4.17. The van der Waals surface area contributed by atoms with Crippen LogP contribution in [0.4, 0.5) is 8.78 Å². The van der Waals surface area contributed by atoms with Crippen LogP contribution < -0.4 is 32.1 Å². The molecule has 0 fully saturated rings. The molecule has 0 spiro atoms. The lowest BCUT2D eigenvalue weighted by Gasteiger charge is -2.28. The van der Waals surface area contributed by atoms with E-state index in [0.29, 0.717) is 25.0 Å². The second-order valence-electron chi connectivity index (χ2n) is 12.6. The number of rotatable bonds is 22. The lowest BCUT2D eigenvalue weighted by Crippen LogP contribution is -2.75. The number of benzene rings is 1. The molecule has 0 bridgehead atoms. The van der Waals surface area contributed by atoms with Gasteiger partial charge < -0.3 is 26.6 Å². The minimum Gasteiger partial charge on any atom is -0.355 e. The summed E-state index contributed by atoms with van der Waals surface area (Å²) < 4.78 is 28.1. The van der Waals surface area contributed by atoms with E-state index in [2.05, 4.69) is 26.6 Å². The normalized spacial score (nSPS) is 14.3. The van der Waals surface area contributed by atoms with Crippen molar-refractivity contribution in [1.82, 2.24) is 26.6 Å². The van der Waals surface area contributed by atoms with Crippen LogP contribution in [0.3, 0.4) is 0 Å². The van der Waals surface area contributed by atoms with Crippen molar-refractivity contribution in [3.63, 3.8) is 0 Å². The number of allylic oxidation sites excluding steroid dienone is 1. The van der Waals surface area contributed by atoms with Gasteiger partial charge in [-0.3, -0.25) is 24.0 Å². The highest BCUT2D eigenvalue weighted by molar-refractivity contribution is 5.99. The van der Waals surface area contributed by atoms with Crippen LogP contribution in [-0.2, 0) is 35.2 Å². The van der Waals surface area contributed by atoms with Crippen molar-refractivity contribution < 1.29 is 43.1 Å². The highest BCUT2D eigenvalue weighted by Gasteiger charge is 2.31. The Morgan fingerprint density at radius 3 is 2.00 bits per heavy atom. The molecular formula is C38H63F2N6O6+. The monoisotopic (exact) mass is 737 g/mol. The third-order valence-electron chi connectivity index (χ3n) is 8.14. The Balaban J connectivity index is 0.0000128. The Kier molecular flexibility index (Phi) is 24.5. The fraction of sp³-hybridized carbons (Fsp3) is 0.605. The van der Waals surface area contributed by atoms with Gasteiger partial charge in [0.1, 0.15) is 36.0 Å². The lowest BCUT2D eigenvalue weighted by molar-refractivity contribution is -0.842. The molecule has 0 heterocycles. The predicted molar refractivity (Wildman–Crippen MR) is 198 cm³/mol. The van der Waals surface area contributed by atoms with Crippen molar-refractivity contribution in [2.45, 2.75) is 125 Å².